The van der Waals surface area contributed by atoms with Crippen LogP contribution in [-0.2, 0) is 0 Å². The Morgan fingerprint density at radius 3 is 2.50 bits per heavy atom. The maximum absolute atomic E-state index is 11.7. The predicted octanol–water partition coefficient (Wildman–Crippen LogP) is 1.97. The molecule has 0 radical (unpaired) electrons. The zero-order valence-corrected chi connectivity index (χ0v) is 8.42. The highest BCUT2D eigenvalue weighted by Gasteiger charge is 2.01. The van der Waals surface area contributed by atoms with Gasteiger partial charge in [-0.3, -0.25) is 9.36 Å². The van der Waals surface area contributed by atoms with Crippen molar-refractivity contribution in [1.29, 1.82) is 0 Å². The third kappa shape index (κ3) is 1.66. The molecular formula is C12H9N3O. The Kier molecular flexibility index (Phi) is 2.44. The average Bonchev–Trinajstić information content (AvgIpc) is 2.33. The molecule has 2 N–H and O–H groups in total. The highest BCUT2D eigenvalue weighted by atomic mass is 16.1. The molecule has 0 aliphatic heterocycles. The first kappa shape index (κ1) is 9.99. The van der Waals surface area contributed by atoms with Crippen LogP contribution in [0.1, 0.15) is 0 Å². The Morgan fingerprint density at radius 1 is 1.19 bits per heavy atom. The van der Waals surface area contributed by atoms with Crippen molar-refractivity contribution < 1.29 is 0 Å². The molecule has 0 amide bonds. The molecule has 0 aliphatic rings. The topological polar surface area (TPSA) is 52.4 Å². The summed E-state index contributed by atoms with van der Waals surface area (Å²) < 4.78 is 1.45. The molecule has 0 unspecified atom stereocenters. The van der Waals surface area contributed by atoms with Gasteiger partial charge in [0.1, 0.15) is 0 Å². The molecule has 0 fully saturated rings. The molecule has 1 heterocycles. The van der Waals surface area contributed by atoms with E-state index < -0.39 is 0 Å². The first-order chi connectivity index (χ1) is 7.72. The molecule has 0 saturated carbocycles. The van der Waals surface area contributed by atoms with E-state index in [0.29, 0.717) is 11.4 Å². The summed E-state index contributed by atoms with van der Waals surface area (Å²) in [7, 11) is 0. The fourth-order valence-electron chi connectivity index (χ4n) is 1.40. The van der Waals surface area contributed by atoms with Crippen molar-refractivity contribution in [1.82, 2.24) is 4.57 Å². The number of hydrogen-bond donors (Lipinski definition) is 1. The maximum Gasteiger partial charge on any atom is 0.278 e. The van der Waals surface area contributed by atoms with Crippen molar-refractivity contribution >= 4 is 11.4 Å². The molecular weight excluding hydrogens is 202 g/mol. The smallest absolute Gasteiger partial charge is 0.278 e. The van der Waals surface area contributed by atoms with E-state index in [-0.39, 0.29) is 11.2 Å². The lowest BCUT2D eigenvalue weighted by Gasteiger charge is -2.05. The van der Waals surface area contributed by atoms with Crippen molar-refractivity contribution in [3.05, 3.63) is 64.4 Å². The van der Waals surface area contributed by atoms with Gasteiger partial charge in [-0.25, -0.2) is 4.85 Å². The molecule has 0 saturated heterocycles. The van der Waals surface area contributed by atoms with Crippen LogP contribution >= 0.6 is 0 Å². The largest absolute Gasteiger partial charge is 0.394 e. The van der Waals surface area contributed by atoms with Gasteiger partial charge in [0.05, 0.1) is 12.3 Å². The van der Waals surface area contributed by atoms with E-state index >= 15 is 0 Å². The number of benzene rings is 1. The number of pyridine rings is 1. The maximum atomic E-state index is 11.7. The Morgan fingerprint density at radius 2 is 1.88 bits per heavy atom. The first-order valence-electron chi connectivity index (χ1n) is 4.67. The van der Waals surface area contributed by atoms with Crippen LogP contribution in [0.25, 0.3) is 10.5 Å². The number of rotatable bonds is 1. The summed E-state index contributed by atoms with van der Waals surface area (Å²) in [5.74, 6) is 0. The Balaban J connectivity index is 2.56. The molecule has 0 aliphatic carbocycles. The van der Waals surface area contributed by atoms with Gasteiger partial charge in [-0.2, -0.15) is 0 Å². The second-order valence-corrected chi connectivity index (χ2v) is 3.27. The normalized spacial score (nSPS) is 9.69. The monoisotopic (exact) mass is 211 g/mol. The highest BCUT2D eigenvalue weighted by molar-refractivity contribution is 5.50. The Hall–Kier alpha value is -2.54. The fourth-order valence-corrected chi connectivity index (χ4v) is 1.40. The summed E-state index contributed by atoms with van der Waals surface area (Å²) in [4.78, 5) is 15.0. The van der Waals surface area contributed by atoms with Gasteiger partial charge < -0.3 is 5.73 Å². The van der Waals surface area contributed by atoms with E-state index in [1.165, 1.54) is 4.57 Å². The third-order valence-electron chi connectivity index (χ3n) is 2.23. The number of hydrogen-bond acceptors (Lipinski definition) is 2. The van der Waals surface area contributed by atoms with Crippen molar-refractivity contribution in [2.45, 2.75) is 0 Å². The van der Waals surface area contributed by atoms with E-state index in [9.17, 15) is 4.79 Å². The van der Waals surface area contributed by atoms with Crippen LogP contribution < -0.4 is 11.3 Å². The first-order valence-corrected chi connectivity index (χ1v) is 4.67. The van der Waals surface area contributed by atoms with Crippen LogP contribution in [0.2, 0.25) is 0 Å². The number of anilines is 1. The van der Waals surface area contributed by atoms with Gasteiger partial charge in [0.2, 0.25) is 0 Å². The van der Waals surface area contributed by atoms with Crippen LogP contribution in [0.5, 0.6) is 0 Å². The van der Waals surface area contributed by atoms with Gasteiger partial charge in [0, 0.05) is 11.9 Å². The molecule has 2 rings (SSSR count). The highest BCUT2D eigenvalue weighted by Crippen LogP contribution is 2.14. The summed E-state index contributed by atoms with van der Waals surface area (Å²) in [5, 5.41) is 0. The van der Waals surface area contributed by atoms with Crippen molar-refractivity contribution in [2.24, 2.45) is 0 Å². The van der Waals surface area contributed by atoms with Crippen LogP contribution in [0.4, 0.5) is 11.4 Å². The summed E-state index contributed by atoms with van der Waals surface area (Å²) in [5.41, 5.74) is 6.73. The number of nitrogens with two attached hydrogens (primary N) is 1. The molecule has 4 nitrogen and oxygen atoms in total. The summed E-state index contributed by atoms with van der Waals surface area (Å²) in [6.45, 7) is 6.83. The van der Waals surface area contributed by atoms with E-state index in [1.54, 1.807) is 42.6 Å². The minimum Gasteiger partial charge on any atom is -0.394 e. The zero-order valence-electron chi connectivity index (χ0n) is 8.42. The lowest BCUT2D eigenvalue weighted by Crippen LogP contribution is -2.20. The van der Waals surface area contributed by atoms with Crippen LogP contribution in [-0.4, -0.2) is 4.57 Å². The average molecular weight is 211 g/mol. The second kappa shape index (κ2) is 3.91. The van der Waals surface area contributed by atoms with Gasteiger partial charge in [0.15, 0.2) is 5.69 Å². The zero-order chi connectivity index (χ0) is 11.5. The molecule has 2 aromatic rings. The summed E-state index contributed by atoms with van der Waals surface area (Å²) >= 11 is 0. The Bertz CT molecular complexity index is 605. The number of aromatic nitrogens is 1. The van der Waals surface area contributed by atoms with Gasteiger partial charge in [0.25, 0.3) is 5.56 Å². The van der Waals surface area contributed by atoms with Crippen molar-refractivity contribution in [3.8, 4) is 5.69 Å². The number of nitrogen functional groups attached to an aromatic ring is 1. The van der Waals surface area contributed by atoms with Gasteiger partial charge in [-0.1, -0.05) is 12.1 Å². The van der Waals surface area contributed by atoms with E-state index in [4.69, 9.17) is 12.3 Å². The molecule has 0 bridgehead atoms. The quantitative estimate of drug-likeness (QED) is 0.733. The fraction of sp³-hybridized carbons (Fsp3) is 0. The number of nitrogens with zero attached hydrogens (tertiary/aromatic N) is 2. The standard InChI is InChI=1S/C12H9N3O/c1-14-9-4-6-10(7-5-9)15-8-2-3-11(13)12(15)16/h2-8H,13H2. The van der Waals surface area contributed by atoms with Crippen LogP contribution in [0.15, 0.2) is 47.4 Å². The van der Waals surface area contributed by atoms with Gasteiger partial charge in [-0.15, -0.1) is 0 Å². The van der Waals surface area contributed by atoms with Gasteiger partial charge >= 0.3 is 0 Å². The minimum atomic E-state index is -0.252. The SMILES string of the molecule is [C-]#[N+]c1ccc(-n2cccc(N)c2=O)cc1. The van der Waals surface area contributed by atoms with Crippen molar-refractivity contribution in [2.75, 3.05) is 5.73 Å². The van der Waals surface area contributed by atoms with Gasteiger partial charge in [-0.05, 0) is 24.3 Å². The third-order valence-corrected chi connectivity index (χ3v) is 2.23. The summed E-state index contributed by atoms with van der Waals surface area (Å²) in [6.07, 6.45) is 1.64. The molecule has 0 spiro atoms. The molecule has 4 heteroatoms. The lowest BCUT2D eigenvalue weighted by atomic mass is 10.2. The molecule has 1 aromatic heterocycles. The van der Waals surface area contributed by atoms with E-state index in [1.807, 2.05) is 0 Å². The molecule has 78 valence electrons. The second-order valence-electron chi connectivity index (χ2n) is 3.27. The summed E-state index contributed by atoms with van der Waals surface area (Å²) in [6, 6.07) is 10.0. The van der Waals surface area contributed by atoms with E-state index in [2.05, 4.69) is 4.85 Å². The van der Waals surface area contributed by atoms with Crippen LogP contribution in [0.3, 0.4) is 0 Å². The minimum absolute atomic E-state index is 0.205. The Labute approximate surface area is 92.4 Å². The van der Waals surface area contributed by atoms with Crippen molar-refractivity contribution in [3.63, 3.8) is 0 Å². The predicted molar refractivity (Wildman–Crippen MR) is 62.7 cm³/mol. The lowest BCUT2D eigenvalue weighted by molar-refractivity contribution is 0.995. The molecule has 1 aromatic carbocycles. The molecule has 16 heavy (non-hydrogen) atoms. The molecule has 0 atom stereocenters. The van der Waals surface area contributed by atoms with Crippen LogP contribution in [0, 0.1) is 6.57 Å². The van der Waals surface area contributed by atoms with E-state index in [0.717, 1.165) is 0 Å².